The molecule has 2 heteroatoms. The van der Waals surface area contributed by atoms with Crippen LogP contribution in [0.5, 0.6) is 0 Å². The highest BCUT2D eigenvalue weighted by molar-refractivity contribution is 4.90. The Morgan fingerprint density at radius 3 is 2.55 bits per heavy atom. The van der Waals surface area contributed by atoms with Crippen molar-refractivity contribution in [2.75, 3.05) is 0 Å². The molecule has 0 aliphatic rings. The zero-order valence-electron chi connectivity index (χ0n) is 7.81. The Bertz CT molecular complexity index is 236. The van der Waals surface area contributed by atoms with Gasteiger partial charge in [-0.3, -0.25) is 0 Å². The Labute approximate surface area is 68.3 Å². The van der Waals surface area contributed by atoms with E-state index in [-0.39, 0.29) is 0 Å². The van der Waals surface area contributed by atoms with Gasteiger partial charge < -0.3 is 0 Å². The average molecular weight is 153 g/mol. The van der Waals surface area contributed by atoms with E-state index in [1.54, 1.807) is 0 Å². The van der Waals surface area contributed by atoms with Crippen molar-refractivity contribution >= 4 is 0 Å². The molecule has 0 unspecified atom stereocenters. The lowest BCUT2D eigenvalue weighted by molar-refractivity contribution is -0.684. The molecule has 1 aromatic heterocycles. The van der Waals surface area contributed by atoms with Crippen LogP contribution in [0.1, 0.15) is 25.4 Å². The molecule has 0 amide bonds. The fraction of sp³-hybridized carbons (Fsp3) is 0.667. The normalized spacial score (nSPS) is 11.0. The van der Waals surface area contributed by atoms with Crippen LogP contribution >= 0.6 is 0 Å². The Kier molecular flexibility index (Phi) is 2.32. The molecule has 11 heavy (non-hydrogen) atoms. The molecule has 1 rings (SSSR count). The van der Waals surface area contributed by atoms with Crippen molar-refractivity contribution in [2.24, 2.45) is 13.0 Å². The third kappa shape index (κ3) is 1.82. The lowest BCUT2D eigenvalue weighted by atomic mass is 10.1. The quantitative estimate of drug-likeness (QED) is 0.619. The maximum Gasteiger partial charge on any atom is 0.251 e. The monoisotopic (exact) mass is 153 g/mol. The van der Waals surface area contributed by atoms with Crippen molar-refractivity contribution in [3.63, 3.8) is 0 Å². The molecule has 0 aliphatic carbocycles. The molecule has 0 radical (unpaired) electrons. The van der Waals surface area contributed by atoms with Crippen LogP contribution in [-0.4, -0.2) is 4.98 Å². The molecule has 0 atom stereocenters. The minimum absolute atomic E-state index is 0.733. The van der Waals surface area contributed by atoms with Gasteiger partial charge in [0.2, 0.25) is 0 Å². The number of aryl methyl sites for hydroxylation is 1. The van der Waals surface area contributed by atoms with E-state index >= 15 is 0 Å². The van der Waals surface area contributed by atoms with E-state index in [9.17, 15) is 0 Å². The highest BCUT2D eigenvalue weighted by Crippen LogP contribution is 2.02. The van der Waals surface area contributed by atoms with E-state index in [2.05, 4.69) is 43.6 Å². The van der Waals surface area contributed by atoms with E-state index in [1.807, 2.05) is 0 Å². The molecule has 0 saturated heterocycles. The number of H-pyrrole nitrogens is 1. The summed E-state index contributed by atoms with van der Waals surface area (Å²) in [5.41, 5.74) is 1.39. The fourth-order valence-corrected chi connectivity index (χ4v) is 1.21. The first-order valence-electron chi connectivity index (χ1n) is 4.14. The number of hydrogen-bond acceptors (Lipinski definition) is 0. The van der Waals surface area contributed by atoms with Crippen LogP contribution in [0.2, 0.25) is 0 Å². The number of aromatic nitrogens is 2. The second-order valence-corrected chi connectivity index (χ2v) is 3.52. The second-order valence-electron chi connectivity index (χ2n) is 3.52. The van der Waals surface area contributed by atoms with Gasteiger partial charge in [0.15, 0.2) is 0 Å². The summed E-state index contributed by atoms with van der Waals surface area (Å²) in [6, 6.07) is 0. The lowest BCUT2D eigenvalue weighted by Crippen LogP contribution is -2.34. The lowest BCUT2D eigenvalue weighted by Gasteiger charge is -1.99. The van der Waals surface area contributed by atoms with Gasteiger partial charge in [-0.15, -0.1) is 0 Å². The van der Waals surface area contributed by atoms with Crippen molar-refractivity contribution in [1.29, 1.82) is 0 Å². The van der Waals surface area contributed by atoms with Crippen molar-refractivity contribution in [2.45, 2.75) is 27.2 Å². The first kappa shape index (κ1) is 8.31. The number of aromatic amines is 1. The predicted octanol–water partition coefficient (Wildman–Crippen LogP) is 1.35. The van der Waals surface area contributed by atoms with Gasteiger partial charge in [0.1, 0.15) is 11.9 Å². The molecule has 0 saturated carbocycles. The van der Waals surface area contributed by atoms with Gasteiger partial charge in [0.05, 0.1) is 7.05 Å². The van der Waals surface area contributed by atoms with Crippen LogP contribution < -0.4 is 4.57 Å². The topological polar surface area (TPSA) is 19.7 Å². The molecule has 62 valence electrons. The second kappa shape index (κ2) is 3.07. The summed E-state index contributed by atoms with van der Waals surface area (Å²) in [6.45, 7) is 6.56. The Morgan fingerprint density at radius 2 is 2.18 bits per heavy atom. The zero-order valence-corrected chi connectivity index (χ0v) is 7.81. The number of rotatable bonds is 2. The van der Waals surface area contributed by atoms with Gasteiger partial charge in [-0.25, -0.2) is 9.55 Å². The number of imidazole rings is 1. The van der Waals surface area contributed by atoms with Crippen molar-refractivity contribution in [1.82, 2.24) is 4.98 Å². The summed E-state index contributed by atoms with van der Waals surface area (Å²) in [5.74, 6) is 1.96. The molecule has 0 aliphatic heterocycles. The summed E-state index contributed by atoms with van der Waals surface area (Å²) < 4.78 is 2.21. The van der Waals surface area contributed by atoms with Crippen molar-refractivity contribution < 1.29 is 4.57 Å². The standard InChI is InChI=1S/C9H16N2/c1-7(2)5-9-6-10-8(3)11(9)4/h6-7H,5H2,1-4H3/p+1. The summed E-state index contributed by atoms with van der Waals surface area (Å²) >= 11 is 0. The SMILES string of the molecule is Cc1[nH]cc(CC(C)C)[n+]1C. The van der Waals surface area contributed by atoms with Crippen LogP contribution in [0.3, 0.4) is 0 Å². The van der Waals surface area contributed by atoms with Crippen LogP contribution in [-0.2, 0) is 13.5 Å². The Morgan fingerprint density at radius 1 is 1.55 bits per heavy atom. The van der Waals surface area contributed by atoms with E-state index in [4.69, 9.17) is 0 Å². The highest BCUT2D eigenvalue weighted by Gasteiger charge is 2.10. The molecular weight excluding hydrogens is 136 g/mol. The van der Waals surface area contributed by atoms with Gasteiger partial charge in [0, 0.05) is 13.3 Å². The maximum absolute atomic E-state index is 3.21. The molecule has 0 fully saturated rings. The summed E-state index contributed by atoms with van der Waals surface area (Å²) in [6.07, 6.45) is 3.25. The minimum atomic E-state index is 0.733. The van der Waals surface area contributed by atoms with Crippen LogP contribution in [0.25, 0.3) is 0 Å². The number of nitrogens with zero attached hydrogens (tertiary/aromatic N) is 1. The van der Waals surface area contributed by atoms with Crippen LogP contribution in [0.4, 0.5) is 0 Å². The number of hydrogen-bond donors (Lipinski definition) is 1. The van der Waals surface area contributed by atoms with E-state index in [1.165, 1.54) is 11.5 Å². The smallest absolute Gasteiger partial charge is 0.248 e. The van der Waals surface area contributed by atoms with E-state index < -0.39 is 0 Å². The van der Waals surface area contributed by atoms with Crippen LogP contribution in [0, 0.1) is 12.8 Å². The molecule has 1 heterocycles. The van der Waals surface area contributed by atoms with Gasteiger partial charge >= 0.3 is 0 Å². The average Bonchev–Trinajstić information content (AvgIpc) is 2.18. The Balaban J connectivity index is 2.79. The first-order chi connectivity index (χ1) is 5.11. The van der Waals surface area contributed by atoms with Crippen molar-refractivity contribution in [3.8, 4) is 0 Å². The largest absolute Gasteiger partial charge is 0.251 e. The molecule has 1 aromatic rings. The maximum atomic E-state index is 3.21. The van der Waals surface area contributed by atoms with Gasteiger partial charge in [0.25, 0.3) is 5.82 Å². The van der Waals surface area contributed by atoms with Gasteiger partial charge in [-0.2, -0.15) is 0 Å². The van der Waals surface area contributed by atoms with E-state index in [0.29, 0.717) is 0 Å². The van der Waals surface area contributed by atoms with E-state index in [0.717, 1.165) is 12.3 Å². The van der Waals surface area contributed by atoms with Crippen molar-refractivity contribution in [3.05, 3.63) is 17.7 Å². The summed E-state index contributed by atoms with van der Waals surface area (Å²) in [5, 5.41) is 0. The number of nitrogens with one attached hydrogen (secondary N) is 1. The van der Waals surface area contributed by atoms with Gasteiger partial charge in [-0.1, -0.05) is 13.8 Å². The molecule has 2 nitrogen and oxygen atoms in total. The summed E-state index contributed by atoms with van der Waals surface area (Å²) in [4.78, 5) is 3.21. The molecular formula is C9H17N2+. The summed E-state index contributed by atoms with van der Waals surface area (Å²) in [7, 11) is 2.10. The first-order valence-corrected chi connectivity index (χ1v) is 4.14. The minimum Gasteiger partial charge on any atom is -0.248 e. The fourth-order valence-electron chi connectivity index (χ4n) is 1.21. The van der Waals surface area contributed by atoms with Gasteiger partial charge in [-0.05, 0) is 5.92 Å². The molecule has 0 aromatic carbocycles. The third-order valence-electron chi connectivity index (χ3n) is 2.00. The predicted molar refractivity (Wildman–Crippen MR) is 45.2 cm³/mol. The third-order valence-corrected chi connectivity index (χ3v) is 2.00. The molecule has 1 N–H and O–H groups in total. The Hall–Kier alpha value is -0.790. The molecule has 0 spiro atoms. The van der Waals surface area contributed by atoms with Crippen LogP contribution in [0.15, 0.2) is 6.20 Å². The molecule has 0 bridgehead atoms. The zero-order chi connectivity index (χ0) is 8.43. The highest BCUT2D eigenvalue weighted by atomic mass is 15.0.